The van der Waals surface area contributed by atoms with Crippen molar-refractivity contribution >= 4 is 17.6 Å². The van der Waals surface area contributed by atoms with E-state index in [-0.39, 0.29) is 12.5 Å². The van der Waals surface area contributed by atoms with Crippen molar-refractivity contribution < 1.29 is 14.3 Å². The Labute approximate surface area is 125 Å². The lowest BCUT2D eigenvalue weighted by Crippen LogP contribution is -2.21. The molecule has 0 spiro atoms. The minimum atomic E-state index is -0.541. The third kappa shape index (κ3) is 6.08. The summed E-state index contributed by atoms with van der Waals surface area (Å²) in [7, 11) is 0. The Morgan fingerprint density at radius 3 is 2.62 bits per heavy atom. The number of ether oxygens (including phenoxy) is 1. The molecule has 0 fully saturated rings. The Bertz CT molecular complexity index is 545. The number of rotatable bonds is 6. The molecule has 1 aromatic rings. The molecule has 112 valence electrons. The lowest BCUT2D eigenvalue weighted by molar-refractivity contribution is -0.142. The summed E-state index contributed by atoms with van der Waals surface area (Å²) in [5, 5.41) is 2.76. The van der Waals surface area contributed by atoms with E-state index >= 15 is 0 Å². The fourth-order valence-corrected chi connectivity index (χ4v) is 1.73. The lowest BCUT2D eigenvalue weighted by atomic mass is 10.0. The number of allylic oxidation sites excluding steroid dienone is 3. The van der Waals surface area contributed by atoms with E-state index in [1.165, 1.54) is 6.08 Å². The molecule has 21 heavy (non-hydrogen) atoms. The van der Waals surface area contributed by atoms with Gasteiger partial charge < -0.3 is 10.1 Å². The van der Waals surface area contributed by atoms with Gasteiger partial charge in [-0.2, -0.15) is 0 Å². The lowest BCUT2D eigenvalue weighted by Gasteiger charge is -2.13. The van der Waals surface area contributed by atoms with E-state index in [0.717, 1.165) is 11.3 Å². The first-order valence-corrected chi connectivity index (χ1v) is 6.89. The van der Waals surface area contributed by atoms with Gasteiger partial charge >= 0.3 is 5.97 Å². The van der Waals surface area contributed by atoms with Crippen LogP contribution in [0.3, 0.4) is 0 Å². The van der Waals surface area contributed by atoms with Crippen molar-refractivity contribution in [3.05, 3.63) is 54.1 Å². The van der Waals surface area contributed by atoms with E-state index in [2.05, 4.69) is 19.2 Å². The molecular weight excluding hydrogens is 266 g/mol. The van der Waals surface area contributed by atoms with Gasteiger partial charge in [0.2, 0.25) is 0 Å². The van der Waals surface area contributed by atoms with Crippen LogP contribution in [0.4, 0.5) is 5.69 Å². The number of amides is 1. The van der Waals surface area contributed by atoms with Crippen molar-refractivity contribution in [2.75, 3.05) is 11.9 Å². The molecule has 0 atom stereocenters. The van der Waals surface area contributed by atoms with Gasteiger partial charge in [0, 0.05) is 11.8 Å². The molecule has 4 nitrogen and oxygen atoms in total. The molecule has 0 aliphatic carbocycles. The van der Waals surface area contributed by atoms with E-state index in [9.17, 15) is 9.59 Å². The third-order valence-corrected chi connectivity index (χ3v) is 2.74. The predicted octanol–water partition coefficient (Wildman–Crippen LogP) is 3.42. The maximum atomic E-state index is 11.8. The fourth-order valence-electron chi connectivity index (χ4n) is 1.73. The first-order chi connectivity index (χ1) is 10.0. The van der Waals surface area contributed by atoms with Gasteiger partial charge in [-0.25, -0.2) is 4.79 Å². The molecule has 0 unspecified atom stereocenters. The molecule has 4 heteroatoms. The van der Waals surface area contributed by atoms with E-state index in [0.29, 0.717) is 5.92 Å². The number of carbonyl (C=O) groups excluding carboxylic acids is 2. The molecule has 0 aliphatic rings. The molecule has 1 N–H and O–H groups in total. The predicted molar refractivity (Wildman–Crippen MR) is 84.1 cm³/mol. The average molecular weight is 287 g/mol. The van der Waals surface area contributed by atoms with Crippen LogP contribution in [0.15, 0.2) is 48.6 Å². The van der Waals surface area contributed by atoms with E-state index in [1.54, 1.807) is 18.2 Å². The Balaban J connectivity index is 2.53. The van der Waals surface area contributed by atoms with Crippen LogP contribution in [0.5, 0.6) is 0 Å². The van der Waals surface area contributed by atoms with Crippen LogP contribution < -0.4 is 5.32 Å². The molecule has 1 amide bonds. The van der Waals surface area contributed by atoms with Gasteiger partial charge in [0.05, 0.1) is 0 Å². The van der Waals surface area contributed by atoms with Crippen LogP contribution in [0.25, 0.3) is 0 Å². The van der Waals surface area contributed by atoms with Crippen molar-refractivity contribution in [2.45, 2.75) is 26.7 Å². The van der Waals surface area contributed by atoms with E-state index in [1.807, 2.05) is 31.2 Å². The van der Waals surface area contributed by atoms with Gasteiger partial charge in [-0.05, 0) is 24.5 Å². The summed E-state index contributed by atoms with van der Waals surface area (Å²) in [5.74, 6) is -0.593. The van der Waals surface area contributed by atoms with Crippen LogP contribution in [0, 0.1) is 0 Å². The number of benzene rings is 1. The molecule has 1 aromatic carbocycles. The zero-order valence-electron chi connectivity index (χ0n) is 12.6. The monoisotopic (exact) mass is 287 g/mol. The Kier molecular flexibility index (Phi) is 6.95. The normalized spacial score (nSPS) is 11.2. The zero-order chi connectivity index (χ0) is 15.7. The highest BCUT2D eigenvalue weighted by atomic mass is 16.5. The molecule has 0 heterocycles. The molecule has 0 aliphatic heterocycles. The Hall–Kier alpha value is -2.36. The van der Waals surface area contributed by atoms with E-state index < -0.39 is 5.97 Å². The van der Waals surface area contributed by atoms with Crippen molar-refractivity contribution in [3.8, 4) is 0 Å². The van der Waals surface area contributed by atoms with Crippen molar-refractivity contribution in [3.63, 3.8) is 0 Å². The van der Waals surface area contributed by atoms with Gasteiger partial charge in [0.1, 0.15) is 0 Å². The second-order valence-corrected chi connectivity index (χ2v) is 4.78. The van der Waals surface area contributed by atoms with Gasteiger partial charge in [0.15, 0.2) is 6.61 Å². The molecule has 1 rings (SSSR count). The first kappa shape index (κ1) is 16.7. The van der Waals surface area contributed by atoms with Crippen LogP contribution in [0.1, 0.15) is 32.3 Å². The minimum Gasteiger partial charge on any atom is -0.452 e. The standard InChI is InChI=1S/C17H21NO3/c1-4-5-6-11-17(20)21-12-16(19)18-15-10-8-7-9-14(15)13(2)3/h4-11,13H,12H2,1-3H3,(H,18,19)/b5-4+,11-6+. The topological polar surface area (TPSA) is 55.4 Å². The summed E-state index contributed by atoms with van der Waals surface area (Å²) in [4.78, 5) is 23.1. The zero-order valence-corrected chi connectivity index (χ0v) is 12.6. The molecule has 0 saturated carbocycles. The third-order valence-electron chi connectivity index (χ3n) is 2.74. The molecular formula is C17H21NO3. The van der Waals surface area contributed by atoms with E-state index in [4.69, 9.17) is 4.74 Å². The van der Waals surface area contributed by atoms with Gasteiger partial charge in [-0.15, -0.1) is 0 Å². The average Bonchev–Trinajstić information content (AvgIpc) is 2.46. The number of carbonyl (C=O) groups is 2. The van der Waals surface area contributed by atoms with Gasteiger partial charge in [-0.1, -0.05) is 50.3 Å². The van der Waals surface area contributed by atoms with Gasteiger partial charge in [-0.3, -0.25) is 4.79 Å². The number of esters is 1. The van der Waals surface area contributed by atoms with Crippen molar-refractivity contribution in [1.29, 1.82) is 0 Å². The number of hydrogen-bond acceptors (Lipinski definition) is 3. The molecule has 0 saturated heterocycles. The summed E-state index contributed by atoms with van der Waals surface area (Å²) in [5.41, 5.74) is 1.79. The summed E-state index contributed by atoms with van der Waals surface area (Å²) < 4.78 is 4.85. The highest BCUT2D eigenvalue weighted by Gasteiger charge is 2.10. The maximum Gasteiger partial charge on any atom is 0.331 e. The van der Waals surface area contributed by atoms with Crippen LogP contribution in [0.2, 0.25) is 0 Å². The highest BCUT2D eigenvalue weighted by molar-refractivity contribution is 5.94. The fraction of sp³-hybridized carbons (Fsp3) is 0.294. The Morgan fingerprint density at radius 1 is 1.24 bits per heavy atom. The van der Waals surface area contributed by atoms with Crippen molar-refractivity contribution in [1.82, 2.24) is 0 Å². The smallest absolute Gasteiger partial charge is 0.331 e. The molecule has 0 aromatic heterocycles. The minimum absolute atomic E-state index is 0.299. The van der Waals surface area contributed by atoms with Crippen LogP contribution in [-0.2, 0) is 14.3 Å². The number of para-hydroxylation sites is 1. The summed E-state index contributed by atoms with van der Waals surface area (Å²) in [6.45, 7) is 5.65. The second-order valence-electron chi connectivity index (χ2n) is 4.78. The summed E-state index contributed by atoms with van der Waals surface area (Å²) in [6, 6.07) is 7.58. The number of hydrogen-bond donors (Lipinski definition) is 1. The van der Waals surface area contributed by atoms with Crippen LogP contribution >= 0.6 is 0 Å². The SMILES string of the molecule is C/C=C/C=C/C(=O)OCC(=O)Nc1ccccc1C(C)C. The quantitative estimate of drug-likeness (QED) is 0.495. The largest absolute Gasteiger partial charge is 0.452 e. The maximum absolute atomic E-state index is 11.8. The van der Waals surface area contributed by atoms with Crippen LogP contribution in [-0.4, -0.2) is 18.5 Å². The van der Waals surface area contributed by atoms with Gasteiger partial charge in [0.25, 0.3) is 5.91 Å². The summed E-state index contributed by atoms with van der Waals surface area (Å²) in [6.07, 6.45) is 6.34. The molecule has 0 radical (unpaired) electrons. The number of anilines is 1. The number of nitrogens with one attached hydrogen (secondary N) is 1. The van der Waals surface area contributed by atoms with Crippen molar-refractivity contribution in [2.24, 2.45) is 0 Å². The summed E-state index contributed by atoms with van der Waals surface area (Å²) >= 11 is 0. The first-order valence-electron chi connectivity index (χ1n) is 6.89. The Morgan fingerprint density at radius 2 is 1.95 bits per heavy atom. The molecule has 0 bridgehead atoms. The highest BCUT2D eigenvalue weighted by Crippen LogP contribution is 2.23. The second kappa shape index (κ2) is 8.74.